The van der Waals surface area contributed by atoms with E-state index in [9.17, 15) is 14.4 Å². The molecule has 0 aliphatic carbocycles. The SMILES string of the molecule is COC(=O)C(C)CN(CCCNC(C)=O)C(=O)Cc1ccc(OC)cc1. The van der Waals surface area contributed by atoms with E-state index in [1.807, 2.05) is 12.1 Å². The first-order chi connectivity index (χ1) is 12.4. The molecule has 7 nitrogen and oxygen atoms in total. The molecule has 0 aliphatic heterocycles. The van der Waals surface area contributed by atoms with Crippen molar-refractivity contribution in [1.29, 1.82) is 0 Å². The van der Waals surface area contributed by atoms with Gasteiger partial charge in [-0.25, -0.2) is 0 Å². The number of hydrogen-bond donors (Lipinski definition) is 1. The molecule has 0 heterocycles. The summed E-state index contributed by atoms with van der Waals surface area (Å²) >= 11 is 0. The zero-order valence-electron chi connectivity index (χ0n) is 15.9. The quantitative estimate of drug-likeness (QED) is 0.501. The third-order valence-electron chi connectivity index (χ3n) is 3.94. The number of nitrogens with one attached hydrogen (secondary N) is 1. The Morgan fingerprint density at radius 3 is 2.35 bits per heavy atom. The summed E-state index contributed by atoms with van der Waals surface area (Å²) in [6.07, 6.45) is 0.847. The summed E-state index contributed by atoms with van der Waals surface area (Å²) < 4.78 is 9.86. The highest BCUT2D eigenvalue weighted by Gasteiger charge is 2.21. The summed E-state index contributed by atoms with van der Waals surface area (Å²) in [6, 6.07) is 7.30. The molecule has 0 aromatic heterocycles. The maximum atomic E-state index is 12.7. The van der Waals surface area contributed by atoms with E-state index in [-0.39, 0.29) is 30.7 Å². The Hall–Kier alpha value is -2.57. The minimum absolute atomic E-state index is 0.0752. The molecule has 2 amide bonds. The van der Waals surface area contributed by atoms with Crippen molar-refractivity contribution < 1.29 is 23.9 Å². The summed E-state index contributed by atoms with van der Waals surface area (Å²) in [5, 5.41) is 2.71. The third-order valence-corrected chi connectivity index (χ3v) is 3.94. The van der Waals surface area contributed by atoms with Crippen molar-refractivity contribution in [3.63, 3.8) is 0 Å². The summed E-state index contributed by atoms with van der Waals surface area (Å²) in [4.78, 5) is 37.0. The minimum Gasteiger partial charge on any atom is -0.497 e. The van der Waals surface area contributed by atoms with Gasteiger partial charge < -0.3 is 19.7 Å². The molecule has 0 saturated carbocycles. The maximum absolute atomic E-state index is 12.7. The van der Waals surface area contributed by atoms with Crippen LogP contribution in [0.15, 0.2) is 24.3 Å². The Morgan fingerprint density at radius 1 is 1.15 bits per heavy atom. The van der Waals surface area contributed by atoms with Crippen molar-refractivity contribution in [3.05, 3.63) is 29.8 Å². The van der Waals surface area contributed by atoms with E-state index in [1.54, 1.807) is 31.1 Å². The molecule has 1 atom stereocenters. The lowest BCUT2D eigenvalue weighted by Crippen LogP contribution is -2.39. The van der Waals surface area contributed by atoms with Gasteiger partial charge in [0.05, 0.1) is 26.6 Å². The van der Waals surface area contributed by atoms with Crippen molar-refractivity contribution in [1.82, 2.24) is 10.2 Å². The fourth-order valence-corrected chi connectivity index (χ4v) is 2.49. The second-order valence-corrected chi connectivity index (χ2v) is 6.13. The fourth-order valence-electron chi connectivity index (χ4n) is 2.49. The molecule has 0 fully saturated rings. The van der Waals surface area contributed by atoms with Crippen LogP contribution in [-0.2, 0) is 25.5 Å². The van der Waals surface area contributed by atoms with Crippen LogP contribution < -0.4 is 10.1 Å². The number of rotatable bonds is 10. The van der Waals surface area contributed by atoms with Crippen molar-refractivity contribution in [2.24, 2.45) is 5.92 Å². The summed E-state index contributed by atoms with van der Waals surface area (Å²) in [5.74, 6) is -0.222. The van der Waals surface area contributed by atoms with Crippen LogP contribution >= 0.6 is 0 Å². The van der Waals surface area contributed by atoms with Gasteiger partial charge in [-0.2, -0.15) is 0 Å². The molecular weight excluding hydrogens is 336 g/mol. The van der Waals surface area contributed by atoms with Gasteiger partial charge in [-0.15, -0.1) is 0 Å². The highest BCUT2D eigenvalue weighted by atomic mass is 16.5. The van der Waals surface area contributed by atoms with Gasteiger partial charge in [0.15, 0.2) is 0 Å². The Labute approximate surface area is 154 Å². The number of benzene rings is 1. The lowest BCUT2D eigenvalue weighted by Gasteiger charge is -2.25. The molecule has 0 radical (unpaired) electrons. The molecule has 1 N–H and O–H groups in total. The van der Waals surface area contributed by atoms with Crippen LogP contribution in [0.4, 0.5) is 0 Å². The van der Waals surface area contributed by atoms with E-state index in [2.05, 4.69) is 5.32 Å². The summed E-state index contributed by atoms with van der Waals surface area (Å²) in [6.45, 7) is 4.39. The number of ether oxygens (including phenoxy) is 2. The fraction of sp³-hybridized carbons (Fsp3) is 0.526. The second kappa shape index (κ2) is 11.1. The zero-order chi connectivity index (χ0) is 19.5. The average molecular weight is 364 g/mol. The number of methoxy groups -OCH3 is 2. The standard InChI is InChI=1S/C19H28N2O5/c1-14(19(24)26-4)13-21(11-5-10-20-15(2)22)18(23)12-16-6-8-17(25-3)9-7-16/h6-9,14H,5,10-13H2,1-4H3,(H,20,22). The number of carbonyl (C=O) groups excluding carboxylic acids is 3. The first kappa shape index (κ1) is 21.5. The van der Waals surface area contributed by atoms with Crippen molar-refractivity contribution >= 4 is 17.8 Å². The first-order valence-corrected chi connectivity index (χ1v) is 8.60. The molecule has 1 rings (SSSR count). The lowest BCUT2D eigenvalue weighted by molar-refractivity contribution is -0.146. The minimum atomic E-state index is -0.416. The van der Waals surface area contributed by atoms with Crippen molar-refractivity contribution in [3.8, 4) is 5.75 Å². The Kier molecular flexibility index (Phi) is 9.19. The van der Waals surface area contributed by atoms with Crippen LogP contribution in [0.5, 0.6) is 5.75 Å². The molecule has 26 heavy (non-hydrogen) atoms. The van der Waals surface area contributed by atoms with Crippen molar-refractivity contribution in [2.75, 3.05) is 33.9 Å². The van der Waals surface area contributed by atoms with Crippen LogP contribution in [0.1, 0.15) is 25.8 Å². The van der Waals surface area contributed by atoms with Gasteiger partial charge in [-0.05, 0) is 24.1 Å². The molecule has 0 aliphatic rings. The molecule has 0 saturated heterocycles. The summed E-state index contributed by atoms with van der Waals surface area (Å²) in [5.41, 5.74) is 0.869. The highest BCUT2D eigenvalue weighted by molar-refractivity contribution is 5.80. The van der Waals surface area contributed by atoms with Gasteiger partial charge in [0.25, 0.3) is 0 Å². The van der Waals surface area contributed by atoms with Gasteiger partial charge in [-0.3, -0.25) is 14.4 Å². The van der Waals surface area contributed by atoms with E-state index in [0.29, 0.717) is 19.5 Å². The van der Waals surface area contributed by atoms with Crippen LogP contribution in [0.3, 0.4) is 0 Å². The molecule has 144 valence electrons. The van der Waals surface area contributed by atoms with Gasteiger partial charge in [0.1, 0.15) is 5.75 Å². The number of amides is 2. The molecule has 1 aromatic rings. The Morgan fingerprint density at radius 2 is 1.81 bits per heavy atom. The van der Waals surface area contributed by atoms with Gasteiger partial charge in [0.2, 0.25) is 11.8 Å². The Balaban J connectivity index is 2.71. The van der Waals surface area contributed by atoms with Gasteiger partial charge in [0, 0.05) is 26.6 Å². The zero-order valence-corrected chi connectivity index (χ0v) is 15.9. The van der Waals surface area contributed by atoms with Crippen LogP contribution in [0.2, 0.25) is 0 Å². The number of carbonyl (C=O) groups is 3. The topological polar surface area (TPSA) is 84.9 Å². The van der Waals surface area contributed by atoms with Gasteiger partial charge in [-0.1, -0.05) is 19.1 Å². The molecule has 0 spiro atoms. The molecular formula is C19H28N2O5. The second-order valence-electron chi connectivity index (χ2n) is 6.13. The summed E-state index contributed by atoms with van der Waals surface area (Å²) in [7, 11) is 2.92. The van der Waals surface area contributed by atoms with E-state index in [1.165, 1.54) is 14.0 Å². The highest BCUT2D eigenvalue weighted by Crippen LogP contribution is 2.13. The van der Waals surface area contributed by atoms with Gasteiger partial charge >= 0.3 is 5.97 Å². The Bertz CT molecular complexity index is 600. The number of hydrogen-bond acceptors (Lipinski definition) is 5. The van der Waals surface area contributed by atoms with Crippen molar-refractivity contribution in [2.45, 2.75) is 26.7 Å². The van der Waals surface area contributed by atoms with Crippen LogP contribution in [0.25, 0.3) is 0 Å². The molecule has 1 aromatic carbocycles. The number of nitrogens with zero attached hydrogens (tertiary/aromatic N) is 1. The van der Waals surface area contributed by atoms with E-state index in [0.717, 1.165) is 11.3 Å². The van der Waals surface area contributed by atoms with E-state index >= 15 is 0 Å². The number of esters is 1. The monoisotopic (exact) mass is 364 g/mol. The maximum Gasteiger partial charge on any atom is 0.310 e. The third kappa shape index (κ3) is 7.55. The van der Waals surface area contributed by atoms with Crippen LogP contribution in [-0.4, -0.2) is 56.5 Å². The lowest BCUT2D eigenvalue weighted by atomic mass is 10.1. The molecule has 1 unspecified atom stereocenters. The predicted molar refractivity (Wildman–Crippen MR) is 97.8 cm³/mol. The average Bonchev–Trinajstić information content (AvgIpc) is 2.63. The smallest absolute Gasteiger partial charge is 0.310 e. The largest absolute Gasteiger partial charge is 0.497 e. The van der Waals surface area contributed by atoms with E-state index < -0.39 is 5.92 Å². The first-order valence-electron chi connectivity index (χ1n) is 8.60. The molecule has 7 heteroatoms. The van der Waals surface area contributed by atoms with E-state index in [4.69, 9.17) is 9.47 Å². The predicted octanol–water partition coefficient (Wildman–Crippen LogP) is 1.40. The normalized spacial score (nSPS) is 11.4. The molecule has 0 bridgehead atoms. The van der Waals surface area contributed by atoms with Crippen LogP contribution in [0, 0.1) is 5.92 Å².